The van der Waals surface area contributed by atoms with Crippen LogP contribution in [0.3, 0.4) is 0 Å². The number of nitrogens with zero attached hydrogens (tertiary/aromatic N) is 2. The van der Waals surface area contributed by atoms with Gasteiger partial charge in [0.2, 0.25) is 0 Å². The van der Waals surface area contributed by atoms with Crippen LogP contribution in [0.4, 0.5) is 0 Å². The molecule has 0 saturated heterocycles. The molecule has 0 amide bonds. The molecule has 4 nitrogen and oxygen atoms in total. The first-order valence-electron chi connectivity index (χ1n) is 13.5. The number of carbonyl (C=O) groups is 1. The number of aromatic nitrogens is 2. The molecule has 1 N–H and O–H groups in total. The van der Waals surface area contributed by atoms with Crippen molar-refractivity contribution in [2.24, 2.45) is 40.4 Å². The van der Waals surface area contributed by atoms with Crippen molar-refractivity contribution in [1.29, 1.82) is 0 Å². The molecule has 2 aromatic rings. The Balaban J connectivity index is 1.20. The third kappa shape index (κ3) is 3.50. The molecule has 8 atom stereocenters. The average molecular weight is 483 g/mol. The zero-order chi connectivity index (χ0) is 23.9. The standard InChI is InChI=1S/C29H39ClN2O2/c1-27(34)12-13-28(2)19(15-27)4-6-21-22-7-8-24(29(22,3)11-10-23(21)28)26(33)17-32-16-18-14-20(30)5-9-25(18)31-32/h5,9,14,16,19,21-24,34H,4,6-8,10-13,15,17H2,1-3H3/t19-,21-,22-,23-,24+,27+,28-,29-/m0/s1. The monoisotopic (exact) mass is 482 g/mol. The van der Waals surface area contributed by atoms with Gasteiger partial charge in [-0.15, -0.1) is 0 Å². The lowest BCUT2D eigenvalue weighted by Gasteiger charge is -2.61. The first kappa shape index (κ1) is 23.0. The lowest BCUT2D eigenvalue weighted by molar-refractivity contribution is -0.151. The maximum atomic E-state index is 13.6. The van der Waals surface area contributed by atoms with E-state index in [1.165, 1.54) is 32.1 Å². The highest BCUT2D eigenvalue weighted by Gasteiger charge is 2.61. The van der Waals surface area contributed by atoms with Crippen LogP contribution in [0.15, 0.2) is 24.4 Å². The molecule has 4 aliphatic carbocycles. The van der Waals surface area contributed by atoms with Crippen molar-refractivity contribution in [2.75, 3.05) is 0 Å². The van der Waals surface area contributed by atoms with Gasteiger partial charge in [0, 0.05) is 22.5 Å². The minimum atomic E-state index is -0.478. The highest BCUT2D eigenvalue weighted by atomic mass is 35.5. The smallest absolute Gasteiger partial charge is 0.157 e. The maximum absolute atomic E-state index is 13.6. The fourth-order valence-corrected chi connectivity index (χ4v) is 9.54. The van der Waals surface area contributed by atoms with Crippen molar-refractivity contribution >= 4 is 28.3 Å². The molecule has 1 aromatic carbocycles. The zero-order valence-electron chi connectivity index (χ0n) is 20.9. The molecule has 1 aromatic heterocycles. The third-order valence-electron chi connectivity index (χ3n) is 11.2. The summed E-state index contributed by atoms with van der Waals surface area (Å²) in [6.07, 6.45) is 12.2. The van der Waals surface area contributed by atoms with Gasteiger partial charge < -0.3 is 5.11 Å². The van der Waals surface area contributed by atoms with Crippen molar-refractivity contribution in [3.8, 4) is 0 Å². The molecule has 4 aliphatic rings. The second-order valence-electron chi connectivity index (χ2n) is 13.0. The van der Waals surface area contributed by atoms with Crippen molar-refractivity contribution in [2.45, 2.75) is 90.7 Å². The molecular formula is C29H39ClN2O2. The largest absolute Gasteiger partial charge is 0.390 e. The van der Waals surface area contributed by atoms with Crippen LogP contribution in [0.5, 0.6) is 0 Å². The molecule has 0 unspecified atom stereocenters. The van der Waals surface area contributed by atoms with Gasteiger partial charge in [0.25, 0.3) is 0 Å². The Kier molecular flexibility index (Phi) is 5.29. The van der Waals surface area contributed by atoms with Gasteiger partial charge in [0.1, 0.15) is 0 Å². The number of benzene rings is 1. The van der Waals surface area contributed by atoms with Gasteiger partial charge in [0.15, 0.2) is 5.78 Å². The first-order valence-corrected chi connectivity index (χ1v) is 13.8. The molecule has 4 saturated carbocycles. The summed E-state index contributed by atoms with van der Waals surface area (Å²) in [5.41, 5.74) is 0.903. The minimum absolute atomic E-state index is 0.123. The molecule has 0 bridgehead atoms. The number of aliphatic hydroxyl groups is 1. The molecule has 0 radical (unpaired) electrons. The van der Waals surface area contributed by atoms with Gasteiger partial charge in [0.05, 0.1) is 17.7 Å². The Bertz CT molecular complexity index is 1120. The van der Waals surface area contributed by atoms with E-state index in [-0.39, 0.29) is 11.3 Å². The molecule has 1 heterocycles. The first-order chi connectivity index (χ1) is 16.1. The average Bonchev–Trinajstić information content (AvgIpc) is 3.33. The van der Waals surface area contributed by atoms with Gasteiger partial charge in [-0.2, -0.15) is 5.10 Å². The lowest BCUT2D eigenvalue weighted by atomic mass is 9.44. The fourth-order valence-electron chi connectivity index (χ4n) is 9.36. The molecule has 6 rings (SSSR count). The Hall–Kier alpha value is -1.39. The van der Waals surface area contributed by atoms with E-state index < -0.39 is 5.60 Å². The Morgan fingerprint density at radius 2 is 1.85 bits per heavy atom. The van der Waals surface area contributed by atoms with E-state index in [9.17, 15) is 9.90 Å². The summed E-state index contributed by atoms with van der Waals surface area (Å²) in [7, 11) is 0. The number of carbonyl (C=O) groups excluding carboxylic acids is 1. The summed E-state index contributed by atoms with van der Waals surface area (Å²) >= 11 is 6.14. The van der Waals surface area contributed by atoms with Crippen LogP contribution in [-0.4, -0.2) is 26.3 Å². The Morgan fingerprint density at radius 1 is 1.06 bits per heavy atom. The van der Waals surface area contributed by atoms with E-state index in [0.29, 0.717) is 34.6 Å². The van der Waals surface area contributed by atoms with Crippen LogP contribution in [0, 0.1) is 40.4 Å². The molecule has 4 fully saturated rings. The van der Waals surface area contributed by atoms with Crippen LogP contribution in [0.25, 0.3) is 10.9 Å². The van der Waals surface area contributed by atoms with Crippen LogP contribution in [0.2, 0.25) is 5.02 Å². The van der Waals surface area contributed by atoms with E-state index in [1.807, 2.05) is 36.0 Å². The molecule has 0 aliphatic heterocycles. The fraction of sp³-hybridized carbons (Fsp3) is 0.724. The number of fused-ring (bicyclic) bond motifs is 6. The topological polar surface area (TPSA) is 55.1 Å². The number of hydrogen-bond donors (Lipinski definition) is 1. The second kappa shape index (κ2) is 7.80. The molecule has 0 spiro atoms. The van der Waals surface area contributed by atoms with Crippen molar-refractivity contribution in [3.05, 3.63) is 29.4 Å². The number of Topliss-reactive ketones (excluding diaryl/α,β-unsaturated/α-hetero) is 1. The normalized spacial score (nSPS) is 43.9. The van der Waals surface area contributed by atoms with E-state index in [0.717, 1.165) is 48.4 Å². The van der Waals surface area contributed by atoms with Gasteiger partial charge in [-0.3, -0.25) is 9.48 Å². The summed E-state index contributed by atoms with van der Waals surface area (Å²) in [5.74, 6) is 3.33. The van der Waals surface area contributed by atoms with Crippen molar-refractivity contribution in [3.63, 3.8) is 0 Å². The van der Waals surface area contributed by atoms with Crippen LogP contribution in [-0.2, 0) is 11.3 Å². The highest BCUT2D eigenvalue weighted by molar-refractivity contribution is 6.31. The van der Waals surface area contributed by atoms with E-state index >= 15 is 0 Å². The summed E-state index contributed by atoms with van der Waals surface area (Å²) in [6.45, 7) is 7.38. The van der Waals surface area contributed by atoms with Crippen molar-refractivity contribution < 1.29 is 9.90 Å². The molecule has 184 valence electrons. The van der Waals surface area contributed by atoms with Gasteiger partial charge in [-0.05, 0) is 117 Å². The molecule has 5 heteroatoms. The highest BCUT2D eigenvalue weighted by Crippen LogP contribution is 2.68. The van der Waals surface area contributed by atoms with E-state index in [2.05, 4.69) is 18.9 Å². The van der Waals surface area contributed by atoms with Gasteiger partial charge in [-0.25, -0.2) is 0 Å². The summed E-state index contributed by atoms with van der Waals surface area (Å²) in [4.78, 5) is 13.6. The quantitative estimate of drug-likeness (QED) is 0.531. The summed E-state index contributed by atoms with van der Waals surface area (Å²) in [5, 5.41) is 17.1. The molecule has 34 heavy (non-hydrogen) atoms. The zero-order valence-corrected chi connectivity index (χ0v) is 21.7. The predicted molar refractivity (Wildman–Crippen MR) is 136 cm³/mol. The molecular weight excluding hydrogens is 444 g/mol. The second-order valence-corrected chi connectivity index (χ2v) is 13.5. The number of hydrogen-bond acceptors (Lipinski definition) is 3. The Labute approximate surface area is 208 Å². The lowest BCUT2D eigenvalue weighted by Crippen LogP contribution is -2.55. The summed E-state index contributed by atoms with van der Waals surface area (Å²) < 4.78 is 1.83. The van der Waals surface area contributed by atoms with Gasteiger partial charge in [-0.1, -0.05) is 25.4 Å². The third-order valence-corrected chi connectivity index (χ3v) is 11.4. The SMILES string of the molecule is C[C@@]1(O)CC[C@@]2(C)[C@@H](CC[C@@H]3[C@@H]2CC[C@]2(C)[C@@H](C(=O)Cn4cc5cc(Cl)ccc5n4)CC[C@@H]32)C1. The number of rotatable bonds is 3. The van der Waals surface area contributed by atoms with E-state index in [4.69, 9.17) is 11.6 Å². The van der Waals surface area contributed by atoms with Crippen LogP contribution >= 0.6 is 11.6 Å². The minimum Gasteiger partial charge on any atom is -0.390 e. The Morgan fingerprint density at radius 3 is 2.68 bits per heavy atom. The van der Waals surface area contributed by atoms with E-state index in [1.54, 1.807) is 0 Å². The van der Waals surface area contributed by atoms with Crippen LogP contribution in [0.1, 0.15) is 78.6 Å². The predicted octanol–water partition coefficient (Wildman–Crippen LogP) is 6.67. The summed E-state index contributed by atoms with van der Waals surface area (Å²) in [6, 6.07) is 5.70. The number of ketones is 1. The number of halogens is 1. The van der Waals surface area contributed by atoms with Gasteiger partial charge >= 0.3 is 0 Å². The van der Waals surface area contributed by atoms with Crippen molar-refractivity contribution in [1.82, 2.24) is 9.78 Å². The maximum Gasteiger partial charge on any atom is 0.157 e. The van der Waals surface area contributed by atoms with Crippen LogP contribution < -0.4 is 0 Å².